The molecule has 1 amide bonds. The summed E-state index contributed by atoms with van der Waals surface area (Å²) < 4.78 is 4.65. The molecule has 3 aromatic rings. The second kappa shape index (κ2) is 7.40. The topological polar surface area (TPSA) is 84.1 Å². The number of aromatic amines is 1. The van der Waals surface area contributed by atoms with Crippen molar-refractivity contribution in [1.29, 1.82) is 0 Å². The fraction of sp³-hybridized carbons (Fsp3) is 0.167. The summed E-state index contributed by atoms with van der Waals surface area (Å²) >= 11 is 1.36. The Kier molecular flexibility index (Phi) is 5.04. The molecule has 2 aromatic carbocycles. The van der Waals surface area contributed by atoms with Gasteiger partial charge in [0.2, 0.25) is 5.91 Å². The van der Waals surface area contributed by atoms with E-state index in [9.17, 15) is 9.59 Å². The number of aromatic nitrogens is 2. The molecule has 1 atom stereocenters. The molecule has 1 unspecified atom stereocenters. The van der Waals surface area contributed by atoms with Crippen molar-refractivity contribution in [1.82, 2.24) is 9.97 Å². The third kappa shape index (κ3) is 4.00. The molecule has 25 heavy (non-hydrogen) atoms. The molecule has 0 aliphatic heterocycles. The molecule has 0 fully saturated rings. The van der Waals surface area contributed by atoms with Crippen molar-refractivity contribution >= 4 is 40.4 Å². The Labute approximate surface area is 149 Å². The van der Waals surface area contributed by atoms with E-state index in [1.807, 2.05) is 31.2 Å². The molecule has 0 radical (unpaired) electrons. The fourth-order valence-electron chi connectivity index (χ4n) is 2.26. The molecule has 0 saturated heterocycles. The molecule has 0 bridgehead atoms. The van der Waals surface area contributed by atoms with Gasteiger partial charge in [0.25, 0.3) is 0 Å². The van der Waals surface area contributed by atoms with E-state index >= 15 is 0 Å². The first-order chi connectivity index (χ1) is 12.1. The van der Waals surface area contributed by atoms with Crippen LogP contribution in [0.25, 0.3) is 11.0 Å². The summed E-state index contributed by atoms with van der Waals surface area (Å²) in [6, 6.07) is 14.3. The van der Waals surface area contributed by atoms with Gasteiger partial charge in [0, 0.05) is 5.69 Å². The summed E-state index contributed by atoms with van der Waals surface area (Å²) in [5, 5.41) is 3.19. The number of thioether (sulfide) groups is 1. The maximum atomic E-state index is 12.3. The number of carbonyl (C=O) groups is 2. The van der Waals surface area contributed by atoms with Gasteiger partial charge < -0.3 is 15.0 Å². The number of para-hydroxylation sites is 2. The van der Waals surface area contributed by atoms with Crippen molar-refractivity contribution in [3.8, 4) is 0 Å². The van der Waals surface area contributed by atoms with E-state index in [-0.39, 0.29) is 11.2 Å². The number of hydrogen-bond donors (Lipinski definition) is 2. The van der Waals surface area contributed by atoms with E-state index in [0.717, 1.165) is 11.0 Å². The minimum absolute atomic E-state index is 0.142. The van der Waals surface area contributed by atoms with Crippen LogP contribution in [-0.2, 0) is 9.53 Å². The molecule has 128 valence electrons. The van der Waals surface area contributed by atoms with Gasteiger partial charge in [0.05, 0.1) is 29.0 Å². The van der Waals surface area contributed by atoms with Gasteiger partial charge in [-0.1, -0.05) is 23.9 Å². The summed E-state index contributed by atoms with van der Waals surface area (Å²) in [6.07, 6.45) is 0. The molecular formula is C18H17N3O3S. The van der Waals surface area contributed by atoms with Gasteiger partial charge in [-0.05, 0) is 43.3 Å². The van der Waals surface area contributed by atoms with Crippen molar-refractivity contribution in [2.45, 2.75) is 17.3 Å². The number of esters is 1. The first-order valence-electron chi connectivity index (χ1n) is 7.67. The third-order valence-corrected chi connectivity index (χ3v) is 4.58. The van der Waals surface area contributed by atoms with Crippen LogP contribution in [0.5, 0.6) is 0 Å². The van der Waals surface area contributed by atoms with Crippen molar-refractivity contribution in [2.75, 3.05) is 12.4 Å². The molecule has 0 spiro atoms. The smallest absolute Gasteiger partial charge is 0.337 e. The largest absolute Gasteiger partial charge is 0.465 e. The number of imidazole rings is 1. The van der Waals surface area contributed by atoms with Crippen LogP contribution < -0.4 is 5.32 Å². The average molecular weight is 355 g/mol. The third-order valence-electron chi connectivity index (χ3n) is 3.60. The number of nitrogens with zero attached hydrogens (tertiary/aromatic N) is 1. The highest BCUT2D eigenvalue weighted by atomic mass is 32.2. The number of ether oxygens (including phenoxy) is 1. The van der Waals surface area contributed by atoms with Crippen LogP contribution in [0.4, 0.5) is 5.69 Å². The van der Waals surface area contributed by atoms with Crippen LogP contribution in [0.15, 0.2) is 53.7 Å². The minimum Gasteiger partial charge on any atom is -0.465 e. The predicted molar refractivity (Wildman–Crippen MR) is 97.8 cm³/mol. The molecule has 0 saturated carbocycles. The summed E-state index contributed by atoms with van der Waals surface area (Å²) in [7, 11) is 1.33. The van der Waals surface area contributed by atoms with E-state index in [2.05, 4.69) is 20.0 Å². The zero-order valence-electron chi connectivity index (χ0n) is 13.8. The maximum absolute atomic E-state index is 12.3. The molecule has 3 rings (SSSR count). The van der Waals surface area contributed by atoms with Crippen molar-refractivity contribution < 1.29 is 14.3 Å². The van der Waals surface area contributed by atoms with E-state index in [4.69, 9.17) is 0 Å². The van der Waals surface area contributed by atoms with Crippen LogP contribution in [0.2, 0.25) is 0 Å². The van der Waals surface area contributed by atoms with Gasteiger partial charge in [0.15, 0.2) is 5.16 Å². The Morgan fingerprint density at radius 2 is 1.88 bits per heavy atom. The summed E-state index contributed by atoms with van der Waals surface area (Å²) in [6.45, 7) is 1.82. The van der Waals surface area contributed by atoms with Gasteiger partial charge in [-0.2, -0.15) is 0 Å². The first kappa shape index (κ1) is 17.0. The summed E-state index contributed by atoms with van der Waals surface area (Å²) in [5.41, 5.74) is 2.87. The highest BCUT2D eigenvalue weighted by Gasteiger charge is 2.17. The number of anilines is 1. The van der Waals surface area contributed by atoms with E-state index < -0.39 is 5.97 Å². The number of amides is 1. The lowest BCUT2D eigenvalue weighted by Crippen LogP contribution is -2.22. The van der Waals surface area contributed by atoms with Gasteiger partial charge in [-0.25, -0.2) is 9.78 Å². The summed E-state index contributed by atoms with van der Waals surface area (Å²) in [5.74, 6) is -0.553. The standard InChI is InChI=1S/C18H17N3O3S/c1-11(25-18-20-14-5-3-4-6-15(14)21-18)16(22)19-13-9-7-12(8-10-13)17(23)24-2/h3-11H,1-2H3,(H,19,22)(H,20,21). The van der Waals surface area contributed by atoms with E-state index in [0.29, 0.717) is 16.4 Å². The lowest BCUT2D eigenvalue weighted by Gasteiger charge is -2.10. The lowest BCUT2D eigenvalue weighted by molar-refractivity contribution is -0.115. The molecule has 6 nitrogen and oxygen atoms in total. The number of nitrogens with one attached hydrogen (secondary N) is 2. The highest BCUT2D eigenvalue weighted by molar-refractivity contribution is 8.00. The van der Waals surface area contributed by atoms with Crippen LogP contribution in [-0.4, -0.2) is 34.2 Å². The number of hydrogen-bond acceptors (Lipinski definition) is 5. The number of H-pyrrole nitrogens is 1. The Bertz CT molecular complexity index is 872. The second-order valence-corrected chi connectivity index (χ2v) is 6.71. The van der Waals surface area contributed by atoms with Crippen molar-refractivity contribution in [3.05, 3.63) is 54.1 Å². The first-order valence-corrected chi connectivity index (χ1v) is 8.55. The zero-order valence-corrected chi connectivity index (χ0v) is 14.6. The highest BCUT2D eigenvalue weighted by Crippen LogP contribution is 2.24. The predicted octanol–water partition coefficient (Wildman–Crippen LogP) is 3.47. The maximum Gasteiger partial charge on any atom is 0.337 e. The number of fused-ring (bicyclic) bond motifs is 1. The molecule has 0 aliphatic rings. The Balaban J connectivity index is 1.63. The lowest BCUT2D eigenvalue weighted by atomic mass is 10.2. The quantitative estimate of drug-likeness (QED) is 0.541. The minimum atomic E-state index is -0.410. The second-order valence-electron chi connectivity index (χ2n) is 5.38. The average Bonchev–Trinajstić information content (AvgIpc) is 3.03. The normalized spacial score (nSPS) is 11.9. The van der Waals surface area contributed by atoms with Crippen LogP contribution >= 0.6 is 11.8 Å². The zero-order chi connectivity index (χ0) is 17.8. The SMILES string of the molecule is COC(=O)c1ccc(NC(=O)C(C)Sc2nc3ccccc3[nH]2)cc1. The fourth-order valence-corrected chi connectivity index (χ4v) is 3.08. The molecule has 1 heterocycles. The Hall–Kier alpha value is -2.80. The number of rotatable bonds is 5. The molecular weight excluding hydrogens is 338 g/mol. The monoisotopic (exact) mass is 355 g/mol. The Morgan fingerprint density at radius 3 is 2.56 bits per heavy atom. The van der Waals surface area contributed by atoms with Crippen LogP contribution in [0.3, 0.4) is 0 Å². The Morgan fingerprint density at radius 1 is 1.16 bits per heavy atom. The van der Waals surface area contributed by atoms with Crippen molar-refractivity contribution in [2.24, 2.45) is 0 Å². The summed E-state index contributed by atoms with van der Waals surface area (Å²) in [4.78, 5) is 31.4. The molecule has 2 N–H and O–H groups in total. The molecule has 7 heteroatoms. The molecule has 1 aromatic heterocycles. The van der Waals surface area contributed by atoms with Crippen LogP contribution in [0, 0.1) is 0 Å². The van der Waals surface area contributed by atoms with Crippen molar-refractivity contribution in [3.63, 3.8) is 0 Å². The number of methoxy groups -OCH3 is 1. The van der Waals surface area contributed by atoms with Gasteiger partial charge in [-0.3, -0.25) is 4.79 Å². The number of benzene rings is 2. The van der Waals surface area contributed by atoms with Gasteiger partial charge >= 0.3 is 5.97 Å². The number of carbonyl (C=O) groups excluding carboxylic acids is 2. The van der Waals surface area contributed by atoms with Gasteiger partial charge in [0.1, 0.15) is 0 Å². The van der Waals surface area contributed by atoms with Crippen LogP contribution in [0.1, 0.15) is 17.3 Å². The van der Waals surface area contributed by atoms with E-state index in [1.54, 1.807) is 24.3 Å². The van der Waals surface area contributed by atoms with E-state index in [1.165, 1.54) is 18.9 Å². The molecule has 0 aliphatic carbocycles. The van der Waals surface area contributed by atoms with Gasteiger partial charge in [-0.15, -0.1) is 0 Å².